The first-order valence-electron chi connectivity index (χ1n) is 9.31. The third-order valence-electron chi connectivity index (χ3n) is 4.58. The van der Waals surface area contributed by atoms with Crippen LogP contribution in [-0.2, 0) is 15.6 Å². The Bertz CT molecular complexity index is 768. The molecule has 0 saturated heterocycles. The zero-order valence-electron chi connectivity index (χ0n) is 17.8. The molecule has 1 aromatic heterocycles. The van der Waals surface area contributed by atoms with Crippen molar-refractivity contribution in [3.05, 3.63) is 47.3 Å². The Balaban J connectivity index is 2.54. The summed E-state index contributed by atoms with van der Waals surface area (Å²) in [6.07, 6.45) is 3.02. The van der Waals surface area contributed by atoms with E-state index in [0.717, 1.165) is 12.2 Å². The zero-order chi connectivity index (χ0) is 20.4. The van der Waals surface area contributed by atoms with Crippen molar-refractivity contribution >= 4 is 17.6 Å². The number of hydrogen-bond acceptors (Lipinski definition) is 5. The predicted octanol–water partition coefficient (Wildman–Crippen LogP) is 5.02. The molecule has 0 saturated carbocycles. The number of anilines is 2. The Kier molecular flexibility index (Phi) is 5.93. The molecule has 0 spiro atoms. The maximum Gasteiger partial charge on any atom is 0.341 e. The summed E-state index contributed by atoms with van der Waals surface area (Å²) in [5.41, 5.74) is 4.01. The first-order valence-corrected chi connectivity index (χ1v) is 9.31. The molecule has 2 rings (SSSR count). The Hall–Kier alpha value is -2.43. The summed E-state index contributed by atoms with van der Waals surface area (Å²) in [6.45, 7) is 16.1. The summed E-state index contributed by atoms with van der Waals surface area (Å²) in [4.78, 5) is 22.5. The second-order valence-corrected chi connectivity index (χ2v) is 8.78. The van der Waals surface area contributed by atoms with E-state index in [1.54, 1.807) is 0 Å². The van der Waals surface area contributed by atoms with Crippen LogP contribution in [0.3, 0.4) is 0 Å². The van der Waals surface area contributed by atoms with E-state index in [2.05, 4.69) is 81.5 Å². The van der Waals surface area contributed by atoms with Crippen molar-refractivity contribution in [3.63, 3.8) is 0 Å². The minimum atomic E-state index is -0.436. The Morgan fingerprint density at radius 3 is 1.81 bits per heavy atom. The number of carbonyl (C=O) groups is 1. The number of aromatic nitrogens is 2. The van der Waals surface area contributed by atoms with Crippen molar-refractivity contribution in [1.29, 1.82) is 0 Å². The van der Waals surface area contributed by atoms with Crippen LogP contribution in [-0.4, -0.2) is 29.6 Å². The van der Waals surface area contributed by atoms with Gasteiger partial charge in [0.2, 0.25) is 5.95 Å². The molecule has 0 aliphatic carbocycles. The van der Waals surface area contributed by atoms with Gasteiger partial charge in [-0.1, -0.05) is 47.6 Å². The third kappa shape index (κ3) is 4.85. The summed E-state index contributed by atoms with van der Waals surface area (Å²) in [5.74, 6) is 0.130. The molecule has 0 aliphatic rings. The normalized spacial score (nSPS) is 12.0. The lowest BCUT2D eigenvalue weighted by molar-refractivity contribution is 0.0600. The number of carbonyl (C=O) groups excluding carboxylic acids is 1. The lowest BCUT2D eigenvalue weighted by Crippen LogP contribution is -2.22. The lowest BCUT2D eigenvalue weighted by Gasteiger charge is -2.29. The quantitative estimate of drug-likeness (QED) is 0.709. The number of ether oxygens (including phenoxy) is 1. The second kappa shape index (κ2) is 7.67. The topological polar surface area (TPSA) is 55.3 Å². The molecule has 0 N–H and O–H groups in total. The molecule has 5 heteroatoms. The zero-order valence-corrected chi connectivity index (χ0v) is 17.8. The van der Waals surface area contributed by atoms with Crippen LogP contribution in [0, 0.1) is 0 Å². The van der Waals surface area contributed by atoms with Crippen LogP contribution in [0.2, 0.25) is 0 Å². The first-order chi connectivity index (χ1) is 12.5. The summed E-state index contributed by atoms with van der Waals surface area (Å²) in [7, 11) is 1.35. The van der Waals surface area contributed by atoms with Crippen molar-refractivity contribution in [3.8, 4) is 0 Å². The smallest absolute Gasteiger partial charge is 0.341 e. The third-order valence-corrected chi connectivity index (χ3v) is 4.58. The van der Waals surface area contributed by atoms with Crippen LogP contribution in [0.25, 0.3) is 0 Å². The van der Waals surface area contributed by atoms with Crippen molar-refractivity contribution < 1.29 is 9.53 Å². The number of hydrogen-bond donors (Lipinski definition) is 0. The number of rotatable bonds is 4. The molecule has 0 aliphatic heterocycles. The molecule has 0 radical (unpaired) electrons. The highest BCUT2D eigenvalue weighted by molar-refractivity contribution is 5.88. The highest BCUT2D eigenvalue weighted by atomic mass is 16.5. The van der Waals surface area contributed by atoms with E-state index < -0.39 is 5.97 Å². The van der Waals surface area contributed by atoms with Crippen molar-refractivity contribution in [1.82, 2.24) is 9.97 Å². The van der Waals surface area contributed by atoms with Gasteiger partial charge < -0.3 is 9.64 Å². The van der Waals surface area contributed by atoms with Gasteiger partial charge in [0.1, 0.15) is 0 Å². The van der Waals surface area contributed by atoms with Crippen LogP contribution >= 0.6 is 0 Å². The minimum absolute atomic E-state index is 0.0328. The monoisotopic (exact) mass is 369 g/mol. The summed E-state index contributed by atoms with van der Waals surface area (Å²) >= 11 is 0. The van der Waals surface area contributed by atoms with E-state index in [1.165, 1.54) is 30.6 Å². The highest BCUT2D eigenvalue weighted by Gasteiger charge is 2.23. The van der Waals surface area contributed by atoms with Crippen LogP contribution < -0.4 is 4.90 Å². The average Bonchev–Trinajstić information content (AvgIpc) is 2.60. The second-order valence-electron chi connectivity index (χ2n) is 8.78. The molecule has 0 atom stereocenters. The number of nitrogens with zero attached hydrogens (tertiary/aromatic N) is 3. The number of methoxy groups -OCH3 is 1. The molecule has 27 heavy (non-hydrogen) atoms. The fraction of sp³-hybridized carbons (Fsp3) is 0.500. The van der Waals surface area contributed by atoms with Gasteiger partial charge in [-0.3, -0.25) is 0 Å². The highest BCUT2D eigenvalue weighted by Crippen LogP contribution is 2.34. The van der Waals surface area contributed by atoms with Gasteiger partial charge in [0.15, 0.2) is 0 Å². The van der Waals surface area contributed by atoms with E-state index in [4.69, 9.17) is 4.74 Å². The maximum absolute atomic E-state index is 11.6. The van der Waals surface area contributed by atoms with Crippen molar-refractivity contribution in [2.45, 2.75) is 59.3 Å². The Morgan fingerprint density at radius 1 is 0.963 bits per heavy atom. The summed E-state index contributed by atoms with van der Waals surface area (Å²) in [5, 5.41) is 0. The fourth-order valence-electron chi connectivity index (χ4n) is 2.76. The maximum atomic E-state index is 11.6. The molecule has 1 aromatic carbocycles. The molecule has 0 amide bonds. The minimum Gasteiger partial charge on any atom is -0.465 e. The summed E-state index contributed by atoms with van der Waals surface area (Å²) < 4.78 is 4.72. The van der Waals surface area contributed by atoms with Gasteiger partial charge in [0.05, 0.1) is 12.7 Å². The molecule has 0 unspecified atom stereocenters. The molecule has 2 aromatic rings. The molecule has 0 bridgehead atoms. The van der Waals surface area contributed by atoms with Gasteiger partial charge in [-0.25, -0.2) is 14.8 Å². The van der Waals surface area contributed by atoms with Gasteiger partial charge in [0.25, 0.3) is 0 Å². The largest absolute Gasteiger partial charge is 0.465 e. The molecule has 1 heterocycles. The van der Waals surface area contributed by atoms with Gasteiger partial charge in [-0.2, -0.15) is 0 Å². The van der Waals surface area contributed by atoms with Crippen molar-refractivity contribution in [2.24, 2.45) is 0 Å². The molecule has 146 valence electrons. The van der Waals surface area contributed by atoms with Gasteiger partial charge >= 0.3 is 5.97 Å². The van der Waals surface area contributed by atoms with Crippen LogP contribution in [0.15, 0.2) is 30.6 Å². The Labute approximate surface area is 162 Å². The average molecular weight is 370 g/mol. The molecule has 5 nitrogen and oxygen atoms in total. The standard InChI is InChI=1S/C22H31N3O2/c1-9-25(20-23-13-15(14-24-20)19(26)27-8)18-11-16(21(2,3)4)10-17(12-18)22(5,6)7/h10-14H,9H2,1-8H3. The molecule has 0 fully saturated rings. The van der Waals surface area contributed by atoms with Crippen LogP contribution in [0.1, 0.15) is 70.0 Å². The summed E-state index contributed by atoms with van der Waals surface area (Å²) in [6, 6.07) is 6.70. The molecular weight excluding hydrogens is 338 g/mol. The SMILES string of the molecule is CCN(c1cc(C(C)(C)C)cc(C(C)(C)C)c1)c1ncc(C(=O)OC)cn1. The fourth-order valence-corrected chi connectivity index (χ4v) is 2.76. The number of benzene rings is 1. The van der Waals surface area contributed by atoms with Crippen LogP contribution in [0.5, 0.6) is 0 Å². The van der Waals surface area contributed by atoms with E-state index in [-0.39, 0.29) is 10.8 Å². The van der Waals surface area contributed by atoms with E-state index in [1.807, 2.05) is 0 Å². The lowest BCUT2D eigenvalue weighted by atomic mass is 9.80. The predicted molar refractivity (Wildman–Crippen MR) is 110 cm³/mol. The van der Waals surface area contributed by atoms with E-state index in [9.17, 15) is 4.79 Å². The van der Waals surface area contributed by atoms with Gasteiger partial charge in [0, 0.05) is 24.6 Å². The van der Waals surface area contributed by atoms with Gasteiger partial charge in [-0.15, -0.1) is 0 Å². The van der Waals surface area contributed by atoms with Crippen LogP contribution in [0.4, 0.5) is 11.6 Å². The number of esters is 1. The van der Waals surface area contributed by atoms with E-state index >= 15 is 0 Å². The Morgan fingerprint density at radius 2 is 1.44 bits per heavy atom. The van der Waals surface area contributed by atoms with E-state index in [0.29, 0.717) is 11.5 Å². The van der Waals surface area contributed by atoms with Crippen molar-refractivity contribution in [2.75, 3.05) is 18.6 Å². The van der Waals surface area contributed by atoms with Gasteiger partial charge in [-0.05, 0) is 41.0 Å². The first kappa shape index (κ1) is 20.9. The molecular formula is C22H31N3O2.